The van der Waals surface area contributed by atoms with E-state index in [2.05, 4.69) is 0 Å². The molecule has 1 aliphatic carbocycles. The fourth-order valence-electron chi connectivity index (χ4n) is 3.62. The highest BCUT2D eigenvalue weighted by Gasteiger charge is 2.78. The number of esters is 1. The Bertz CT molecular complexity index is 972. The molecule has 8 heteroatoms. The van der Waals surface area contributed by atoms with Crippen LogP contribution in [0.1, 0.15) is 31.9 Å². The molecule has 0 N–H and O–H groups in total. The van der Waals surface area contributed by atoms with E-state index in [1.807, 2.05) is 24.3 Å². The van der Waals surface area contributed by atoms with Crippen molar-refractivity contribution in [1.29, 1.82) is 5.26 Å². The zero-order chi connectivity index (χ0) is 22.2. The standard InChI is InChI=1S/C22H19Cl3FNO3/c1-20(2)18(21(20,26)13-22(23,24)25)19(28)30-17(12-27)14-7-6-10-16(11-14)29-15-8-4-3-5-9-15/h3-11,17-18H,13H2,1-2H3. The molecule has 0 bridgehead atoms. The number of halogens is 4. The number of para-hydroxylation sites is 1. The third-order valence-electron chi connectivity index (χ3n) is 5.35. The second-order valence-electron chi connectivity index (χ2n) is 7.74. The topological polar surface area (TPSA) is 59.3 Å². The quantitative estimate of drug-likeness (QED) is 0.348. The predicted molar refractivity (Wildman–Crippen MR) is 113 cm³/mol. The maximum absolute atomic E-state index is 15.3. The van der Waals surface area contributed by atoms with Crippen LogP contribution < -0.4 is 4.74 Å². The number of nitriles is 1. The van der Waals surface area contributed by atoms with Gasteiger partial charge in [0.05, 0.1) is 5.92 Å². The fourth-order valence-corrected chi connectivity index (χ4v) is 4.21. The SMILES string of the molecule is CC1(C)C(C(=O)OC(C#N)c2cccc(Oc3ccccc3)c2)C1(F)CC(Cl)(Cl)Cl. The van der Waals surface area contributed by atoms with Crippen LogP contribution in [0.15, 0.2) is 54.6 Å². The van der Waals surface area contributed by atoms with Crippen molar-refractivity contribution in [1.82, 2.24) is 0 Å². The average Bonchev–Trinajstić information content (AvgIpc) is 3.09. The monoisotopic (exact) mass is 469 g/mol. The van der Waals surface area contributed by atoms with Crippen molar-refractivity contribution in [2.45, 2.75) is 35.8 Å². The van der Waals surface area contributed by atoms with E-state index in [1.165, 1.54) is 0 Å². The molecule has 158 valence electrons. The highest BCUT2D eigenvalue weighted by Crippen LogP contribution is 2.69. The third-order valence-corrected chi connectivity index (χ3v) is 5.75. The molecule has 1 saturated carbocycles. The van der Waals surface area contributed by atoms with Crippen LogP contribution in [-0.2, 0) is 9.53 Å². The van der Waals surface area contributed by atoms with E-state index in [4.69, 9.17) is 44.3 Å². The van der Waals surface area contributed by atoms with Gasteiger partial charge in [-0.05, 0) is 24.3 Å². The molecule has 0 amide bonds. The van der Waals surface area contributed by atoms with Gasteiger partial charge in [0.15, 0.2) is 3.79 Å². The van der Waals surface area contributed by atoms with Gasteiger partial charge < -0.3 is 9.47 Å². The van der Waals surface area contributed by atoms with E-state index in [0.717, 1.165) is 0 Å². The van der Waals surface area contributed by atoms with Gasteiger partial charge in [0.2, 0.25) is 6.10 Å². The van der Waals surface area contributed by atoms with Gasteiger partial charge in [0.25, 0.3) is 0 Å². The lowest BCUT2D eigenvalue weighted by Gasteiger charge is -2.17. The molecule has 3 unspecified atom stereocenters. The zero-order valence-electron chi connectivity index (χ0n) is 16.2. The Hall–Kier alpha value is -2.00. The molecule has 0 aromatic heterocycles. The summed E-state index contributed by atoms with van der Waals surface area (Å²) in [6, 6.07) is 17.6. The number of hydrogen-bond donors (Lipinski definition) is 0. The first-order valence-corrected chi connectivity index (χ1v) is 10.3. The minimum atomic E-state index is -2.03. The number of nitrogens with zero attached hydrogens (tertiary/aromatic N) is 1. The van der Waals surface area contributed by atoms with Gasteiger partial charge in [-0.3, -0.25) is 4.79 Å². The van der Waals surface area contributed by atoms with Crippen molar-refractivity contribution in [2.24, 2.45) is 11.3 Å². The number of carbonyl (C=O) groups is 1. The van der Waals surface area contributed by atoms with Crippen LogP contribution in [0.3, 0.4) is 0 Å². The van der Waals surface area contributed by atoms with Crippen molar-refractivity contribution in [3.05, 3.63) is 60.2 Å². The molecular formula is C22H19Cl3FNO3. The summed E-state index contributed by atoms with van der Waals surface area (Å²) < 4.78 is 24.5. The summed E-state index contributed by atoms with van der Waals surface area (Å²) in [5.74, 6) is -0.899. The van der Waals surface area contributed by atoms with Gasteiger partial charge >= 0.3 is 5.97 Å². The Labute approximate surface area is 189 Å². The van der Waals surface area contributed by atoms with E-state index in [9.17, 15) is 10.1 Å². The van der Waals surface area contributed by atoms with Gasteiger partial charge in [-0.1, -0.05) is 79.0 Å². The summed E-state index contributed by atoms with van der Waals surface area (Å²) >= 11 is 17.2. The van der Waals surface area contributed by atoms with Gasteiger partial charge in [0.1, 0.15) is 23.2 Å². The maximum atomic E-state index is 15.3. The lowest BCUT2D eigenvalue weighted by atomic mass is 10.1. The first kappa shape index (κ1) is 22.7. The van der Waals surface area contributed by atoms with Gasteiger partial charge in [0, 0.05) is 17.4 Å². The summed E-state index contributed by atoms with van der Waals surface area (Å²) in [7, 11) is 0. The molecule has 0 saturated heterocycles. The first-order valence-electron chi connectivity index (χ1n) is 9.16. The van der Waals surface area contributed by atoms with E-state index < -0.39 is 39.3 Å². The minimum Gasteiger partial charge on any atom is -0.457 e. The van der Waals surface area contributed by atoms with Crippen molar-refractivity contribution >= 4 is 40.8 Å². The second kappa shape index (κ2) is 8.26. The van der Waals surface area contributed by atoms with Crippen LogP contribution in [0.25, 0.3) is 0 Å². The molecular weight excluding hydrogens is 452 g/mol. The van der Waals surface area contributed by atoms with E-state index in [1.54, 1.807) is 50.2 Å². The molecule has 30 heavy (non-hydrogen) atoms. The smallest absolute Gasteiger partial charge is 0.314 e. The summed E-state index contributed by atoms with van der Waals surface area (Å²) in [6.45, 7) is 3.12. The van der Waals surface area contributed by atoms with Crippen LogP contribution in [0, 0.1) is 22.7 Å². The molecule has 4 nitrogen and oxygen atoms in total. The molecule has 0 radical (unpaired) electrons. The number of hydrogen-bond acceptors (Lipinski definition) is 4. The Kier molecular flexibility index (Phi) is 6.25. The number of benzene rings is 2. The lowest BCUT2D eigenvalue weighted by Crippen LogP contribution is -2.22. The Morgan fingerprint density at radius 1 is 1.17 bits per heavy atom. The lowest BCUT2D eigenvalue weighted by molar-refractivity contribution is -0.150. The minimum absolute atomic E-state index is 0.406. The molecule has 0 aliphatic heterocycles. The highest BCUT2D eigenvalue weighted by atomic mass is 35.6. The number of alkyl halides is 4. The fraction of sp³-hybridized carbons (Fsp3) is 0.364. The molecule has 1 aliphatic rings. The zero-order valence-corrected chi connectivity index (χ0v) is 18.5. The summed E-state index contributed by atoms with van der Waals surface area (Å²) in [6.07, 6.45) is -1.68. The molecule has 2 aromatic rings. The van der Waals surface area contributed by atoms with E-state index >= 15 is 4.39 Å². The molecule has 2 aromatic carbocycles. The average molecular weight is 471 g/mol. The van der Waals surface area contributed by atoms with Gasteiger partial charge in [-0.25, -0.2) is 4.39 Å². The number of ether oxygens (including phenoxy) is 2. The normalized spacial score (nSPS) is 23.2. The predicted octanol–water partition coefficient (Wildman–Crippen LogP) is 6.71. The number of carbonyl (C=O) groups excluding carboxylic acids is 1. The van der Waals surface area contributed by atoms with Crippen molar-refractivity contribution in [3.8, 4) is 17.6 Å². The molecule has 3 rings (SSSR count). The Balaban J connectivity index is 1.74. The summed E-state index contributed by atoms with van der Waals surface area (Å²) in [4.78, 5) is 12.7. The van der Waals surface area contributed by atoms with Crippen molar-refractivity contribution in [2.75, 3.05) is 0 Å². The largest absolute Gasteiger partial charge is 0.457 e. The summed E-state index contributed by atoms with van der Waals surface area (Å²) in [5, 5.41) is 9.53. The first-order chi connectivity index (χ1) is 14.0. The van der Waals surface area contributed by atoms with Gasteiger partial charge in [-0.15, -0.1) is 0 Å². The van der Waals surface area contributed by atoms with Crippen LogP contribution in [0.4, 0.5) is 4.39 Å². The number of rotatable bonds is 6. The Morgan fingerprint density at radius 2 is 1.80 bits per heavy atom. The maximum Gasteiger partial charge on any atom is 0.314 e. The van der Waals surface area contributed by atoms with Crippen molar-refractivity contribution in [3.63, 3.8) is 0 Å². The van der Waals surface area contributed by atoms with Gasteiger partial charge in [-0.2, -0.15) is 5.26 Å². The third kappa shape index (κ3) is 4.67. The van der Waals surface area contributed by atoms with Crippen LogP contribution in [0.5, 0.6) is 11.5 Å². The second-order valence-corrected chi connectivity index (χ2v) is 10.3. The van der Waals surface area contributed by atoms with Crippen LogP contribution in [-0.4, -0.2) is 15.4 Å². The highest BCUT2D eigenvalue weighted by molar-refractivity contribution is 6.67. The summed E-state index contributed by atoms with van der Waals surface area (Å²) in [5.41, 5.74) is -2.71. The Morgan fingerprint density at radius 3 is 2.40 bits per heavy atom. The molecule has 0 spiro atoms. The van der Waals surface area contributed by atoms with E-state index in [0.29, 0.717) is 17.1 Å². The molecule has 3 atom stereocenters. The van der Waals surface area contributed by atoms with Crippen LogP contribution >= 0.6 is 34.8 Å². The van der Waals surface area contributed by atoms with E-state index in [-0.39, 0.29) is 0 Å². The molecule has 1 fully saturated rings. The van der Waals surface area contributed by atoms with Crippen molar-refractivity contribution < 1.29 is 18.7 Å². The van der Waals surface area contributed by atoms with Crippen LogP contribution in [0.2, 0.25) is 0 Å². The molecule has 0 heterocycles.